The molecule has 8 heteroatoms. The van der Waals surface area contributed by atoms with Gasteiger partial charge in [0.15, 0.2) is 0 Å². The van der Waals surface area contributed by atoms with Gasteiger partial charge in [0, 0.05) is 51.5 Å². The molecular formula is C22H29N5O3. The maximum Gasteiger partial charge on any atom is 0.278 e. The van der Waals surface area contributed by atoms with Gasteiger partial charge in [0.25, 0.3) is 5.69 Å². The lowest BCUT2D eigenvalue weighted by molar-refractivity contribution is -0.383. The summed E-state index contributed by atoms with van der Waals surface area (Å²) in [7, 11) is 0. The van der Waals surface area contributed by atoms with E-state index in [1.807, 2.05) is 4.90 Å². The van der Waals surface area contributed by atoms with E-state index in [1.165, 1.54) is 6.42 Å². The molecule has 2 aliphatic heterocycles. The quantitative estimate of drug-likeness (QED) is 0.568. The molecule has 2 fully saturated rings. The number of nitro groups is 1. The number of fused-ring (bicyclic) bond motifs is 1. The zero-order valence-electron chi connectivity index (χ0n) is 17.7. The Morgan fingerprint density at radius 1 is 1.13 bits per heavy atom. The van der Waals surface area contributed by atoms with Crippen LogP contribution in [-0.4, -0.2) is 71.4 Å². The number of likely N-dealkylation sites (tertiary alicyclic amines) is 1. The van der Waals surface area contributed by atoms with Gasteiger partial charge in [0.05, 0.1) is 22.5 Å². The van der Waals surface area contributed by atoms with Crippen LogP contribution in [0.5, 0.6) is 0 Å². The van der Waals surface area contributed by atoms with Crippen LogP contribution >= 0.6 is 0 Å². The number of benzene rings is 1. The highest BCUT2D eigenvalue weighted by Crippen LogP contribution is 2.32. The van der Waals surface area contributed by atoms with Crippen LogP contribution in [0.3, 0.4) is 0 Å². The predicted molar refractivity (Wildman–Crippen MR) is 117 cm³/mol. The van der Waals surface area contributed by atoms with E-state index in [0.717, 1.165) is 45.0 Å². The number of carbonyl (C=O) groups excluding carboxylic acids is 1. The summed E-state index contributed by atoms with van der Waals surface area (Å²) in [5.41, 5.74) is 1.66. The van der Waals surface area contributed by atoms with Crippen LogP contribution in [0.4, 0.5) is 11.4 Å². The molecule has 2 atom stereocenters. The third-order valence-corrected chi connectivity index (χ3v) is 6.22. The standard InChI is InChI=1S/C22H29N5O3/c1-16-12-17(2)14-26(13-16)21(28)15-24-8-10-25(11-9-24)20-6-5-19(27(29)30)18-4-3-7-23-22(18)20/h3-7,16-17H,8-15H2,1-2H3/t16-,17-/m1/s1. The van der Waals surface area contributed by atoms with E-state index in [-0.39, 0.29) is 16.5 Å². The second-order valence-electron chi connectivity index (χ2n) is 8.77. The normalized spacial score (nSPS) is 23.0. The topological polar surface area (TPSA) is 82.8 Å². The highest BCUT2D eigenvalue weighted by Gasteiger charge is 2.28. The fraction of sp³-hybridized carbons (Fsp3) is 0.545. The minimum Gasteiger partial charge on any atom is -0.367 e. The number of non-ortho nitro benzene ring substituents is 1. The molecule has 2 saturated heterocycles. The predicted octanol–water partition coefficient (Wildman–Crippen LogP) is 2.77. The van der Waals surface area contributed by atoms with Crippen molar-refractivity contribution in [1.29, 1.82) is 0 Å². The number of rotatable bonds is 4. The molecule has 30 heavy (non-hydrogen) atoms. The van der Waals surface area contributed by atoms with Crippen molar-refractivity contribution >= 4 is 28.2 Å². The van der Waals surface area contributed by atoms with Crippen LogP contribution in [0.2, 0.25) is 0 Å². The second kappa shape index (κ2) is 8.55. The van der Waals surface area contributed by atoms with E-state index >= 15 is 0 Å². The van der Waals surface area contributed by atoms with E-state index in [1.54, 1.807) is 30.5 Å². The van der Waals surface area contributed by atoms with Gasteiger partial charge in [-0.1, -0.05) is 13.8 Å². The van der Waals surface area contributed by atoms with E-state index in [2.05, 4.69) is 28.6 Å². The summed E-state index contributed by atoms with van der Waals surface area (Å²) in [6.45, 7) is 9.74. The molecule has 0 aliphatic carbocycles. The number of aromatic nitrogens is 1. The van der Waals surface area contributed by atoms with Gasteiger partial charge < -0.3 is 9.80 Å². The van der Waals surface area contributed by atoms with E-state index < -0.39 is 0 Å². The number of hydrogen-bond acceptors (Lipinski definition) is 6. The number of piperidine rings is 1. The first-order valence-electron chi connectivity index (χ1n) is 10.7. The first-order valence-corrected chi connectivity index (χ1v) is 10.7. The molecule has 0 unspecified atom stereocenters. The van der Waals surface area contributed by atoms with Crippen LogP contribution < -0.4 is 4.90 Å². The lowest BCUT2D eigenvalue weighted by Crippen LogP contribution is -2.52. The summed E-state index contributed by atoms with van der Waals surface area (Å²) in [4.78, 5) is 34.6. The van der Waals surface area contributed by atoms with Crippen LogP contribution in [0, 0.1) is 22.0 Å². The molecule has 1 amide bonds. The van der Waals surface area contributed by atoms with Crippen LogP contribution in [0.1, 0.15) is 20.3 Å². The maximum atomic E-state index is 12.8. The zero-order chi connectivity index (χ0) is 21.3. The van der Waals surface area contributed by atoms with Gasteiger partial charge in [-0.2, -0.15) is 0 Å². The Balaban J connectivity index is 1.41. The molecule has 0 radical (unpaired) electrons. The molecule has 2 aromatic rings. The van der Waals surface area contributed by atoms with Gasteiger partial charge >= 0.3 is 0 Å². The summed E-state index contributed by atoms with van der Waals surface area (Å²) in [6.07, 6.45) is 2.87. The summed E-state index contributed by atoms with van der Waals surface area (Å²) in [6, 6.07) is 6.84. The van der Waals surface area contributed by atoms with Gasteiger partial charge in [0.2, 0.25) is 5.91 Å². The number of piperazine rings is 1. The van der Waals surface area contributed by atoms with E-state index in [0.29, 0.717) is 29.3 Å². The number of nitrogens with zero attached hydrogens (tertiary/aromatic N) is 5. The maximum absolute atomic E-state index is 12.8. The minimum atomic E-state index is -0.361. The highest BCUT2D eigenvalue weighted by atomic mass is 16.6. The van der Waals surface area contributed by atoms with Crippen molar-refractivity contribution in [1.82, 2.24) is 14.8 Å². The Morgan fingerprint density at radius 2 is 1.83 bits per heavy atom. The molecule has 0 saturated carbocycles. The number of anilines is 1. The molecule has 3 heterocycles. The fourth-order valence-corrected chi connectivity index (χ4v) is 4.86. The van der Waals surface area contributed by atoms with Gasteiger partial charge in [-0.05, 0) is 36.5 Å². The zero-order valence-corrected chi connectivity index (χ0v) is 17.7. The minimum absolute atomic E-state index is 0.0797. The monoisotopic (exact) mass is 411 g/mol. The molecule has 1 aromatic carbocycles. The summed E-state index contributed by atoms with van der Waals surface area (Å²) >= 11 is 0. The van der Waals surface area contributed by atoms with Crippen molar-refractivity contribution in [2.75, 3.05) is 50.7 Å². The first kappa shape index (κ1) is 20.5. The number of nitro benzene ring substituents is 1. The molecule has 1 aromatic heterocycles. The first-order chi connectivity index (χ1) is 14.4. The third kappa shape index (κ3) is 4.23. The van der Waals surface area contributed by atoms with E-state index in [4.69, 9.17) is 0 Å². The van der Waals surface area contributed by atoms with Gasteiger partial charge in [-0.15, -0.1) is 0 Å². The third-order valence-electron chi connectivity index (χ3n) is 6.22. The number of carbonyl (C=O) groups is 1. The van der Waals surface area contributed by atoms with Crippen molar-refractivity contribution in [2.45, 2.75) is 20.3 Å². The Hall–Kier alpha value is -2.74. The molecule has 0 spiro atoms. The molecule has 2 aliphatic rings. The number of hydrogen-bond donors (Lipinski definition) is 0. The van der Waals surface area contributed by atoms with Crippen molar-refractivity contribution < 1.29 is 9.72 Å². The summed E-state index contributed by atoms with van der Waals surface area (Å²) in [5.74, 6) is 1.36. The summed E-state index contributed by atoms with van der Waals surface area (Å²) < 4.78 is 0. The lowest BCUT2D eigenvalue weighted by atomic mass is 9.92. The second-order valence-corrected chi connectivity index (χ2v) is 8.77. The highest BCUT2D eigenvalue weighted by molar-refractivity contribution is 5.97. The van der Waals surface area contributed by atoms with Crippen molar-refractivity contribution in [3.8, 4) is 0 Å². The average molecular weight is 412 g/mol. The van der Waals surface area contributed by atoms with Crippen LogP contribution in [-0.2, 0) is 4.79 Å². The average Bonchev–Trinajstić information content (AvgIpc) is 2.72. The van der Waals surface area contributed by atoms with Gasteiger partial charge in [0.1, 0.15) is 5.52 Å². The van der Waals surface area contributed by atoms with Gasteiger partial charge in [-0.3, -0.25) is 24.8 Å². The number of pyridine rings is 1. The fourth-order valence-electron chi connectivity index (χ4n) is 4.86. The lowest BCUT2D eigenvalue weighted by Gasteiger charge is -2.39. The Morgan fingerprint density at radius 3 is 2.50 bits per heavy atom. The van der Waals surface area contributed by atoms with Crippen molar-refractivity contribution in [3.63, 3.8) is 0 Å². The number of amides is 1. The Labute approximate surface area is 176 Å². The molecular weight excluding hydrogens is 382 g/mol. The van der Waals surface area contributed by atoms with Crippen LogP contribution in [0.15, 0.2) is 30.5 Å². The molecule has 160 valence electrons. The van der Waals surface area contributed by atoms with Gasteiger partial charge in [-0.25, -0.2) is 0 Å². The molecule has 4 rings (SSSR count). The summed E-state index contributed by atoms with van der Waals surface area (Å²) in [5, 5.41) is 11.9. The van der Waals surface area contributed by atoms with E-state index in [9.17, 15) is 14.9 Å². The smallest absolute Gasteiger partial charge is 0.278 e. The Bertz CT molecular complexity index is 932. The van der Waals surface area contributed by atoms with Crippen LogP contribution in [0.25, 0.3) is 10.9 Å². The Kier molecular flexibility index (Phi) is 5.85. The van der Waals surface area contributed by atoms with Crippen molar-refractivity contribution in [2.24, 2.45) is 11.8 Å². The largest absolute Gasteiger partial charge is 0.367 e. The SMILES string of the molecule is C[C@@H]1C[C@@H](C)CN(C(=O)CN2CCN(c3ccc([N+](=O)[O-])c4cccnc34)CC2)C1. The molecule has 8 nitrogen and oxygen atoms in total. The molecule has 0 bridgehead atoms. The van der Waals surface area contributed by atoms with Crippen molar-refractivity contribution in [3.05, 3.63) is 40.6 Å². The molecule has 0 N–H and O–H groups in total.